The normalized spacial score (nSPS) is 30.3. The lowest BCUT2D eigenvalue weighted by molar-refractivity contribution is -0.131. The van der Waals surface area contributed by atoms with E-state index in [0.717, 1.165) is 44.8 Å². The molecule has 18 heavy (non-hydrogen) atoms. The summed E-state index contributed by atoms with van der Waals surface area (Å²) in [6.45, 7) is 3.85. The second-order valence-electron chi connectivity index (χ2n) is 6.15. The molecule has 0 aromatic rings. The molecule has 0 unspecified atom stereocenters. The van der Waals surface area contributed by atoms with Gasteiger partial charge < -0.3 is 4.74 Å². The van der Waals surface area contributed by atoms with Crippen molar-refractivity contribution in [2.75, 3.05) is 13.2 Å². The average molecular weight is 252 g/mol. The van der Waals surface area contributed by atoms with Crippen molar-refractivity contribution in [1.82, 2.24) is 0 Å². The van der Waals surface area contributed by atoms with Gasteiger partial charge in [-0.25, -0.2) is 0 Å². The highest BCUT2D eigenvalue weighted by Crippen LogP contribution is 2.34. The molecule has 1 aliphatic carbocycles. The Labute approximate surface area is 111 Å². The molecular weight excluding hydrogens is 224 g/mol. The predicted molar refractivity (Wildman–Crippen MR) is 73.5 cm³/mol. The first-order valence-electron chi connectivity index (χ1n) is 7.92. The first-order valence-corrected chi connectivity index (χ1v) is 7.92. The van der Waals surface area contributed by atoms with Crippen molar-refractivity contribution in [2.45, 2.75) is 64.7 Å². The molecule has 1 saturated carbocycles. The second kappa shape index (κ2) is 7.28. The molecular formula is C16H28O2. The molecule has 0 aromatic heterocycles. The number of ketones is 1. The Morgan fingerprint density at radius 1 is 1.00 bits per heavy atom. The topological polar surface area (TPSA) is 26.3 Å². The molecule has 2 heteroatoms. The van der Waals surface area contributed by atoms with Gasteiger partial charge in [0.05, 0.1) is 0 Å². The standard InChI is InChI=1S/C16H28O2/c1-2-3-4-13-5-7-14(8-6-13)16(17)15-9-11-18-12-10-15/h13-15H,2-12H2,1H3. The van der Waals surface area contributed by atoms with Gasteiger partial charge in [-0.1, -0.05) is 26.2 Å². The third-order valence-electron chi connectivity index (χ3n) is 4.84. The zero-order chi connectivity index (χ0) is 12.8. The minimum absolute atomic E-state index is 0.316. The van der Waals surface area contributed by atoms with Crippen molar-refractivity contribution in [3.63, 3.8) is 0 Å². The van der Waals surface area contributed by atoms with Gasteiger partial charge in [0.15, 0.2) is 0 Å². The molecule has 0 bridgehead atoms. The predicted octanol–water partition coefficient (Wildman–Crippen LogP) is 3.98. The van der Waals surface area contributed by atoms with Crippen molar-refractivity contribution >= 4 is 5.78 Å². The van der Waals surface area contributed by atoms with E-state index in [0.29, 0.717) is 17.6 Å². The van der Waals surface area contributed by atoms with Crippen LogP contribution in [0.1, 0.15) is 64.7 Å². The van der Waals surface area contributed by atoms with E-state index < -0.39 is 0 Å². The van der Waals surface area contributed by atoms with E-state index in [4.69, 9.17) is 4.74 Å². The van der Waals surface area contributed by atoms with E-state index in [1.165, 1.54) is 32.1 Å². The lowest BCUT2D eigenvalue weighted by Crippen LogP contribution is -2.31. The van der Waals surface area contributed by atoms with Crippen molar-refractivity contribution < 1.29 is 9.53 Å². The van der Waals surface area contributed by atoms with Crippen LogP contribution < -0.4 is 0 Å². The van der Waals surface area contributed by atoms with Crippen LogP contribution in [0.2, 0.25) is 0 Å². The molecule has 0 N–H and O–H groups in total. The number of hydrogen-bond acceptors (Lipinski definition) is 2. The van der Waals surface area contributed by atoms with Crippen LogP contribution in [0, 0.1) is 17.8 Å². The fourth-order valence-electron chi connectivity index (χ4n) is 3.54. The van der Waals surface area contributed by atoms with Crippen molar-refractivity contribution in [3.8, 4) is 0 Å². The number of Topliss-reactive ketones (excluding diaryl/α,β-unsaturated/α-hetero) is 1. The number of unbranched alkanes of at least 4 members (excludes halogenated alkanes) is 1. The second-order valence-corrected chi connectivity index (χ2v) is 6.15. The lowest BCUT2D eigenvalue weighted by Gasteiger charge is -2.31. The summed E-state index contributed by atoms with van der Waals surface area (Å²) in [6.07, 6.45) is 10.9. The summed E-state index contributed by atoms with van der Waals surface area (Å²) in [6, 6.07) is 0. The van der Waals surface area contributed by atoms with E-state index in [9.17, 15) is 4.79 Å². The third-order valence-corrected chi connectivity index (χ3v) is 4.84. The number of hydrogen-bond donors (Lipinski definition) is 0. The van der Waals surface area contributed by atoms with Gasteiger partial charge in [-0.15, -0.1) is 0 Å². The fraction of sp³-hybridized carbons (Fsp3) is 0.938. The largest absolute Gasteiger partial charge is 0.381 e. The van der Waals surface area contributed by atoms with Crippen molar-refractivity contribution in [1.29, 1.82) is 0 Å². The van der Waals surface area contributed by atoms with Gasteiger partial charge in [-0.2, -0.15) is 0 Å². The Morgan fingerprint density at radius 2 is 1.61 bits per heavy atom. The van der Waals surface area contributed by atoms with Crippen molar-refractivity contribution in [3.05, 3.63) is 0 Å². The molecule has 2 fully saturated rings. The number of ether oxygens (including phenoxy) is 1. The highest BCUT2D eigenvalue weighted by molar-refractivity contribution is 5.83. The number of carbonyl (C=O) groups excluding carboxylic acids is 1. The van der Waals surface area contributed by atoms with Crippen LogP contribution in [0.3, 0.4) is 0 Å². The minimum Gasteiger partial charge on any atom is -0.381 e. The molecule has 2 aliphatic rings. The monoisotopic (exact) mass is 252 g/mol. The molecule has 1 heterocycles. The van der Waals surface area contributed by atoms with Gasteiger partial charge in [-0.3, -0.25) is 4.79 Å². The highest BCUT2D eigenvalue weighted by atomic mass is 16.5. The SMILES string of the molecule is CCCCC1CCC(C(=O)C2CCOCC2)CC1. The summed E-state index contributed by atoms with van der Waals surface area (Å²) in [5, 5.41) is 0. The number of rotatable bonds is 5. The zero-order valence-electron chi connectivity index (χ0n) is 11.8. The molecule has 2 nitrogen and oxygen atoms in total. The fourth-order valence-corrected chi connectivity index (χ4v) is 3.54. The van der Waals surface area contributed by atoms with Crippen LogP contribution in [-0.4, -0.2) is 19.0 Å². The lowest BCUT2D eigenvalue weighted by atomic mass is 9.74. The molecule has 0 atom stereocenters. The summed E-state index contributed by atoms with van der Waals surface area (Å²) < 4.78 is 5.35. The third kappa shape index (κ3) is 3.81. The quantitative estimate of drug-likeness (QED) is 0.740. The molecule has 0 aromatic carbocycles. The van der Waals surface area contributed by atoms with Crippen LogP contribution in [0.25, 0.3) is 0 Å². The van der Waals surface area contributed by atoms with Gasteiger partial charge in [0.1, 0.15) is 5.78 Å². The molecule has 1 aliphatic heterocycles. The van der Waals surface area contributed by atoms with Gasteiger partial charge in [0.25, 0.3) is 0 Å². The van der Waals surface area contributed by atoms with Crippen molar-refractivity contribution in [2.24, 2.45) is 17.8 Å². The summed E-state index contributed by atoms with van der Waals surface area (Å²) in [5.41, 5.74) is 0. The first-order chi connectivity index (χ1) is 8.81. The van der Waals surface area contributed by atoms with Crippen LogP contribution in [0.15, 0.2) is 0 Å². The summed E-state index contributed by atoms with van der Waals surface area (Å²) in [4.78, 5) is 12.4. The molecule has 0 amide bonds. The van der Waals surface area contributed by atoms with E-state index in [1.807, 2.05) is 0 Å². The van der Waals surface area contributed by atoms with Gasteiger partial charge >= 0.3 is 0 Å². The van der Waals surface area contributed by atoms with Crippen LogP contribution in [0.5, 0.6) is 0 Å². The van der Waals surface area contributed by atoms with E-state index in [-0.39, 0.29) is 0 Å². The molecule has 0 radical (unpaired) electrons. The van der Waals surface area contributed by atoms with Gasteiger partial charge in [-0.05, 0) is 44.4 Å². The molecule has 0 spiro atoms. The number of carbonyl (C=O) groups is 1. The maximum atomic E-state index is 12.4. The van der Waals surface area contributed by atoms with Crippen LogP contribution in [-0.2, 0) is 9.53 Å². The molecule has 104 valence electrons. The summed E-state index contributed by atoms with van der Waals surface area (Å²) >= 11 is 0. The smallest absolute Gasteiger partial charge is 0.139 e. The maximum absolute atomic E-state index is 12.4. The average Bonchev–Trinajstić information content (AvgIpc) is 2.46. The highest BCUT2D eigenvalue weighted by Gasteiger charge is 2.31. The maximum Gasteiger partial charge on any atom is 0.139 e. The summed E-state index contributed by atoms with van der Waals surface area (Å²) in [7, 11) is 0. The minimum atomic E-state index is 0.316. The Balaban J connectivity index is 1.73. The van der Waals surface area contributed by atoms with Crippen LogP contribution in [0.4, 0.5) is 0 Å². The van der Waals surface area contributed by atoms with Gasteiger partial charge in [0.2, 0.25) is 0 Å². The van der Waals surface area contributed by atoms with E-state index in [2.05, 4.69) is 6.92 Å². The molecule has 2 rings (SSSR count). The van der Waals surface area contributed by atoms with Gasteiger partial charge in [0, 0.05) is 25.0 Å². The Hall–Kier alpha value is -0.370. The van der Waals surface area contributed by atoms with E-state index >= 15 is 0 Å². The molecule has 1 saturated heterocycles. The van der Waals surface area contributed by atoms with Crippen LogP contribution >= 0.6 is 0 Å². The Morgan fingerprint density at radius 3 is 2.22 bits per heavy atom. The Bertz CT molecular complexity index is 248. The van der Waals surface area contributed by atoms with E-state index in [1.54, 1.807) is 0 Å². The summed E-state index contributed by atoms with van der Waals surface area (Å²) in [5.74, 6) is 2.16. The first kappa shape index (κ1) is 14.0. The zero-order valence-corrected chi connectivity index (χ0v) is 11.8. The Kier molecular flexibility index (Phi) is 5.68.